The second-order valence-electron chi connectivity index (χ2n) is 8.01. The zero-order valence-electron chi connectivity index (χ0n) is 17.4. The Bertz CT molecular complexity index is 767. The number of benzene rings is 2. The molecule has 0 N–H and O–H groups in total. The minimum absolute atomic E-state index is 0.187. The molecule has 0 aliphatic carbocycles. The molecule has 0 amide bonds. The third-order valence-corrected chi connectivity index (χ3v) is 5.06. The van der Waals surface area contributed by atoms with Gasteiger partial charge in [0.2, 0.25) is 0 Å². The molecule has 150 valence electrons. The minimum Gasteiger partial charge on any atom is -0.491 e. The fraction of sp³-hybridized carbons (Fsp3) is 0.458. The van der Waals surface area contributed by atoms with Gasteiger partial charge in [0.05, 0.1) is 12.6 Å². The SMILES string of the molecule is CC(=O)C[C@@H](C)c1ccc(OC2CCN(c3ccc(OC(C)C)cc3)C2)cc1. The Labute approximate surface area is 168 Å². The van der Waals surface area contributed by atoms with Crippen LogP contribution in [0.1, 0.15) is 52.0 Å². The molecular weight excluding hydrogens is 350 g/mol. The fourth-order valence-corrected chi connectivity index (χ4v) is 3.68. The summed E-state index contributed by atoms with van der Waals surface area (Å²) in [6.45, 7) is 9.67. The molecule has 28 heavy (non-hydrogen) atoms. The van der Waals surface area contributed by atoms with Crippen molar-refractivity contribution in [3.63, 3.8) is 0 Å². The molecule has 2 aromatic rings. The number of ketones is 1. The van der Waals surface area contributed by atoms with Crippen molar-refractivity contribution in [2.75, 3.05) is 18.0 Å². The molecule has 2 aromatic carbocycles. The van der Waals surface area contributed by atoms with E-state index in [-0.39, 0.29) is 23.9 Å². The molecule has 0 bridgehead atoms. The maximum absolute atomic E-state index is 11.3. The Kier molecular flexibility index (Phi) is 6.61. The second-order valence-corrected chi connectivity index (χ2v) is 8.01. The Morgan fingerprint density at radius 3 is 2.29 bits per heavy atom. The molecule has 3 rings (SSSR count). The topological polar surface area (TPSA) is 38.8 Å². The van der Waals surface area contributed by atoms with E-state index in [1.54, 1.807) is 6.92 Å². The quantitative estimate of drug-likeness (QED) is 0.629. The summed E-state index contributed by atoms with van der Waals surface area (Å²) in [5.74, 6) is 2.27. The summed E-state index contributed by atoms with van der Waals surface area (Å²) in [6.07, 6.45) is 1.96. The molecule has 1 unspecified atom stereocenters. The van der Waals surface area contributed by atoms with E-state index in [4.69, 9.17) is 9.47 Å². The van der Waals surface area contributed by atoms with Gasteiger partial charge in [0.25, 0.3) is 0 Å². The molecular formula is C24H31NO3. The van der Waals surface area contributed by atoms with Crippen molar-refractivity contribution in [2.24, 2.45) is 0 Å². The highest BCUT2D eigenvalue weighted by Crippen LogP contribution is 2.27. The lowest BCUT2D eigenvalue weighted by Gasteiger charge is -2.20. The molecule has 2 atom stereocenters. The molecule has 4 heteroatoms. The predicted octanol–water partition coefficient (Wildman–Crippen LogP) is 5.21. The van der Waals surface area contributed by atoms with Crippen LogP contribution in [0.5, 0.6) is 11.5 Å². The van der Waals surface area contributed by atoms with Crippen LogP contribution < -0.4 is 14.4 Å². The molecule has 1 heterocycles. The first-order valence-corrected chi connectivity index (χ1v) is 10.2. The second kappa shape index (κ2) is 9.13. The first kappa shape index (κ1) is 20.2. The van der Waals surface area contributed by atoms with Crippen molar-refractivity contribution in [1.29, 1.82) is 0 Å². The molecule has 0 saturated carbocycles. The normalized spacial score (nSPS) is 17.6. The summed E-state index contributed by atoms with van der Waals surface area (Å²) in [7, 11) is 0. The van der Waals surface area contributed by atoms with Gasteiger partial charge in [-0.15, -0.1) is 0 Å². The van der Waals surface area contributed by atoms with Gasteiger partial charge >= 0.3 is 0 Å². The molecule has 0 spiro atoms. The van der Waals surface area contributed by atoms with E-state index < -0.39 is 0 Å². The number of carbonyl (C=O) groups is 1. The maximum atomic E-state index is 11.3. The van der Waals surface area contributed by atoms with E-state index in [0.717, 1.165) is 31.0 Å². The molecule has 0 radical (unpaired) electrons. The summed E-state index contributed by atoms with van der Waals surface area (Å²) >= 11 is 0. The van der Waals surface area contributed by atoms with Crippen molar-refractivity contribution < 1.29 is 14.3 Å². The molecule has 0 aromatic heterocycles. The van der Waals surface area contributed by atoms with Gasteiger partial charge in [-0.1, -0.05) is 19.1 Å². The van der Waals surface area contributed by atoms with Crippen molar-refractivity contribution >= 4 is 11.5 Å². The fourth-order valence-electron chi connectivity index (χ4n) is 3.68. The lowest BCUT2D eigenvalue weighted by molar-refractivity contribution is -0.117. The van der Waals surface area contributed by atoms with Gasteiger partial charge < -0.3 is 19.2 Å². The van der Waals surface area contributed by atoms with Crippen molar-refractivity contribution in [2.45, 2.75) is 58.7 Å². The van der Waals surface area contributed by atoms with Crippen LogP contribution in [0, 0.1) is 0 Å². The third-order valence-electron chi connectivity index (χ3n) is 5.06. The van der Waals surface area contributed by atoms with E-state index in [1.807, 2.05) is 38.1 Å². The van der Waals surface area contributed by atoms with Gasteiger partial charge in [-0.05, 0) is 68.7 Å². The van der Waals surface area contributed by atoms with Crippen LogP contribution in [0.25, 0.3) is 0 Å². The van der Waals surface area contributed by atoms with E-state index >= 15 is 0 Å². The van der Waals surface area contributed by atoms with Gasteiger partial charge in [0.1, 0.15) is 23.4 Å². The standard InChI is InChI=1S/C24H31NO3/c1-17(2)27-22-11-7-21(8-12-22)25-14-13-24(16-25)28-23-9-5-20(6-10-23)18(3)15-19(4)26/h5-12,17-18,24H,13-16H2,1-4H3/t18-,24?/m1/s1. The average molecular weight is 382 g/mol. The Hall–Kier alpha value is -2.49. The third kappa shape index (κ3) is 5.51. The van der Waals surface area contributed by atoms with Gasteiger partial charge in [-0.3, -0.25) is 0 Å². The minimum atomic E-state index is 0.187. The lowest BCUT2D eigenvalue weighted by atomic mass is 9.96. The van der Waals surface area contributed by atoms with Crippen molar-refractivity contribution in [3.8, 4) is 11.5 Å². The summed E-state index contributed by atoms with van der Waals surface area (Å²) in [5, 5.41) is 0. The van der Waals surface area contributed by atoms with E-state index in [0.29, 0.717) is 6.42 Å². The largest absolute Gasteiger partial charge is 0.491 e. The summed E-state index contributed by atoms with van der Waals surface area (Å²) in [5.41, 5.74) is 2.38. The molecule has 1 aliphatic rings. The number of hydrogen-bond donors (Lipinski definition) is 0. The van der Waals surface area contributed by atoms with E-state index in [9.17, 15) is 4.79 Å². The van der Waals surface area contributed by atoms with Gasteiger partial charge in [0.15, 0.2) is 0 Å². The Balaban J connectivity index is 1.53. The number of carbonyl (C=O) groups excluding carboxylic acids is 1. The number of nitrogens with zero attached hydrogens (tertiary/aromatic N) is 1. The molecule has 1 saturated heterocycles. The highest BCUT2D eigenvalue weighted by molar-refractivity contribution is 5.76. The van der Waals surface area contributed by atoms with Crippen LogP contribution in [-0.4, -0.2) is 31.1 Å². The van der Waals surface area contributed by atoms with Crippen molar-refractivity contribution in [1.82, 2.24) is 0 Å². The zero-order valence-corrected chi connectivity index (χ0v) is 17.4. The predicted molar refractivity (Wildman–Crippen MR) is 114 cm³/mol. The number of ether oxygens (including phenoxy) is 2. The number of anilines is 1. The van der Waals surface area contributed by atoms with Crippen LogP contribution >= 0.6 is 0 Å². The van der Waals surface area contributed by atoms with Crippen LogP contribution in [-0.2, 0) is 4.79 Å². The van der Waals surface area contributed by atoms with Crippen LogP contribution in [0.2, 0.25) is 0 Å². The highest BCUT2D eigenvalue weighted by Gasteiger charge is 2.24. The first-order chi connectivity index (χ1) is 13.4. The van der Waals surface area contributed by atoms with Crippen molar-refractivity contribution in [3.05, 3.63) is 54.1 Å². The lowest BCUT2D eigenvalue weighted by Crippen LogP contribution is -2.24. The number of rotatable bonds is 8. The van der Waals surface area contributed by atoms with E-state index in [1.165, 1.54) is 11.3 Å². The summed E-state index contributed by atoms with van der Waals surface area (Å²) < 4.78 is 11.9. The van der Waals surface area contributed by atoms with Crippen LogP contribution in [0.3, 0.4) is 0 Å². The Morgan fingerprint density at radius 1 is 1.04 bits per heavy atom. The van der Waals surface area contributed by atoms with Crippen LogP contribution in [0.4, 0.5) is 5.69 Å². The highest BCUT2D eigenvalue weighted by atomic mass is 16.5. The number of Topliss-reactive ketones (excluding diaryl/α,β-unsaturated/α-hetero) is 1. The summed E-state index contributed by atoms with van der Waals surface area (Å²) in [6, 6.07) is 16.5. The maximum Gasteiger partial charge on any atom is 0.130 e. The van der Waals surface area contributed by atoms with Gasteiger partial charge in [-0.2, -0.15) is 0 Å². The number of hydrogen-bond acceptors (Lipinski definition) is 4. The summed E-state index contributed by atoms with van der Waals surface area (Å²) in [4.78, 5) is 13.7. The monoisotopic (exact) mass is 381 g/mol. The average Bonchev–Trinajstić information content (AvgIpc) is 3.10. The van der Waals surface area contributed by atoms with Crippen LogP contribution in [0.15, 0.2) is 48.5 Å². The Morgan fingerprint density at radius 2 is 1.68 bits per heavy atom. The molecule has 1 aliphatic heterocycles. The first-order valence-electron chi connectivity index (χ1n) is 10.2. The smallest absolute Gasteiger partial charge is 0.130 e. The van der Waals surface area contributed by atoms with E-state index in [2.05, 4.69) is 36.1 Å². The molecule has 1 fully saturated rings. The van der Waals surface area contributed by atoms with Gasteiger partial charge in [-0.25, -0.2) is 0 Å². The van der Waals surface area contributed by atoms with Gasteiger partial charge in [0, 0.05) is 25.1 Å². The zero-order chi connectivity index (χ0) is 20.1. The molecule has 4 nitrogen and oxygen atoms in total.